The van der Waals surface area contributed by atoms with E-state index in [1.54, 1.807) is 0 Å². The second-order valence-corrected chi connectivity index (χ2v) is 2.53. The fraction of sp³-hybridized carbons (Fsp3) is 0.125. The Morgan fingerprint density at radius 1 is 1.71 bits per heavy atom. The zero-order chi connectivity index (χ0) is 10.6. The van der Waals surface area contributed by atoms with Crippen molar-refractivity contribution in [3.63, 3.8) is 0 Å². The van der Waals surface area contributed by atoms with Gasteiger partial charge in [0.05, 0.1) is 13.3 Å². The van der Waals surface area contributed by atoms with Crippen LogP contribution in [-0.4, -0.2) is 23.0 Å². The Morgan fingerprint density at radius 2 is 2.43 bits per heavy atom. The van der Waals surface area contributed by atoms with E-state index in [0.717, 1.165) is 0 Å². The fourth-order valence-electron chi connectivity index (χ4n) is 0.602. The van der Waals surface area contributed by atoms with E-state index in [0.29, 0.717) is 0 Å². The lowest BCUT2D eigenvalue weighted by Gasteiger charge is -1.94. The predicted octanol–water partition coefficient (Wildman–Crippen LogP) is 0.237. The van der Waals surface area contributed by atoms with Gasteiger partial charge in [0.2, 0.25) is 0 Å². The Balaban J connectivity index is 2.91. The second kappa shape index (κ2) is 4.44. The number of methoxy groups -OCH3 is 1. The molecule has 1 heterocycles. The summed E-state index contributed by atoms with van der Waals surface area (Å²) in [5.74, 6) is 4.08. The summed E-state index contributed by atoms with van der Waals surface area (Å²) in [6.45, 7) is 0. The van der Waals surface area contributed by atoms with Crippen LogP contribution in [0.2, 0.25) is 5.15 Å². The third-order valence-corrected chi connectivity index (χ3v) is 1.51. The molecule has 0 fully saturated rings. The van der Waals surface area contributed by atoms with Gasteiger partial charge in [-0.25, -0.2) is 14.8 Å². The quantitative estimate of drug-likeness (QED) is 0.491. The van der Waals surface area contributed by atoms with Crippen molar-refractivity contribution in [1.29, 1.82) is 0 Å². The van der Waals surface area contributed by atoms with E-state index < -0.39 is 5.97 Å². The van der Waals surface area contributed by atoms with Gasteiger partial charge in [-0.3, -0.25) is 0 Å². The molecule has 0 aliphatic carbocycles. The van der Waals surface area contributed by atoms with Crippen molar-refractivity contribution in [2.24, 2.45) is 0 Å². The normalized spacial score (nSPS) is 8.71. The van der Waals surface area contributed by atoms with Gasteiger partial charge in [-0.05, 0) is 5.92 Å². The third kappa shape index (κ3) is 2.61. The SMILES string of the molecule is COC(=O)C#Cc1cnc(N)c(Cl)n1. The van der Waals surface area contributed by atoms with Crippen molar-refractivity contribution in [2.75, 3.05) is 12.8 Å². The Hall–Kier alpha value is -1.80. The number of esters is 1. The lowest BCUT2D eigenvalue weighted by molar-refractivity contribution is -0.133. The molecule has 0 spiro atoms. The lowest BCUT2D eigenvalue weighted by atomic mass is 10.4. The van der Waals surface area contributed by atoms with E-state index in [9.17, 15) is 4.79 Å². The number of nitrogens with zero attached hydrogens (tertiary/aromatic N) is 2. The Morgan fingerprint density at radius 3 is 3.00 bits per heavy atom. The van der Waals surface area contributed by atoms with Gasteiger partial charge in [0.1, 0.15) is 5.69 Å². The smallest absolute Gasteiger partial charge is 0.384 e. The van der Waals surface area contributed by atoms with Gasteiger partial charge in [0, 0.05) is 5.92 Å². The van der Waals surface area contributed by atoms with Gasteiger partial charge in [-0.15, -0.1) is 0 Å². The summed E-state index contributed by atoms with van der Waals surface area (Å²) in [7, 11) is 1.23. The highest BCUT2D eigenvalue weighted by Gasteiger charge is 1.99. The van der Waals surface area contributed by atoms with E-state index >= 15 is 0 Å². The highest BCUT2D eigenvalue weighted by Crippen LogP contribution is 2.10. The Bertz CT molecular complexity index is 422. The summed E-state index contributed by atoms with van der Waals surface area (Å²) in [5.41, 5.74) is 5.58. The van der Waals surface area contributed by atoms with Crippen LogP contribution >= 0.6 is 11.6 Å². The molecule has 6 heteroatoms. The molecule has 0 unspecified atom stereocenters. The maximum Gasteiger partial charge on any atom is 0.384 e. The van der Waals surface area contributed by atoms with Crippen LogP contribution in [0.15, 0.2) is 6.20 Å². The molecule has 14 heavy (non-hydrogen) atoms. The molecule has 1 aromatic heterocycles. The summed E-state index contributed by atoms with van der Waals surface area (Å²) in [5, 5.41) is 0.0571. The highest BCUT2D eigenvalue weighted by molar-refractivity contribution is 6.31. The Labute approximate surface area is 85.2 Å². The summed E-state index contributed by atoms with van der Waals surface area (Å²) >= 11 is 5.58. The maximum absolute atomic E-state index is 10.6. The molecule has 0 aliphatic rings. The zero-order valence-electron chi connectivity index (χ0n) is 7.24. The van der Waals surface area contributed by atoms with Gasteiger partial charge in [0.25, 0.3) is 0 Å². The molecule has 0 saturated heterocycles. The molecule has 72 valence electrons. The minimum Gasteiger partial charge on any atom is -0.459 e. The molecule has 0 amide bonds. The first-order valence-electron chi connectivity index (χ1n) is 3.51. The van der Waals surface area contributed by atoms with Crippen molar-refractivity contribution in [3.8, 4) is 11.8 Å². The number of hydrogen-bond acceptors (Lipinski definition) is 5. The molecule has 5 nitrogen and oxygen atoms in total. The molecule has 0 aliphatic heterocycles. The fourth-order valence-corrected chi connectivity index (χ4v) is 0.742. The van der Waals surface area contributed by atoms with Gasteiger partial charge < -0.3 is 10.5 Å². The van der Waals surface area contributed by atoms with Crippen molar-refractivity contribution in [3.05, 3.63) is 17.0 Å². The maximum atomic E-state index is 10.6. The largest absolute Gasteiger partial charge is 0.459 e. The second-order valence-electron chi connectivity index (χ2n) is 2.17. The zero-order valence-corrected chi connectivity index (χ0v) is 8.00. The highest BCUT2D eigenvalue weighted by atomic mass is 35.5. The average Bonchev–Trinajstić information content (AvgIpc) is 2.19. The number of ether oxygens (including phenoxy) is 1. The average molecular weight is 212 g/mol. The minimum absolute atomic E-state index is 0.0571. The Kier molecular flexibility index (Phi) is 3.26. The summed E-state index contributed by atoms with van der Waals surface area (Å²) < 4.78 is 4.31. The predicted molar refractivity (Wildman–Crippen MR) is 50.3 cm³/mol. The van der Waals surface area contributed by atoms with Gasteiger partial charge in [-0.2, -0.15) is 0 Å². The van der Waals surface area contributed by atoms with Crippen LogP contribution in [0.1, 0.15) is 5.69 Å². The molecule has 0 aromatic carbocycles. The number of nitrogen functional groups attached to an aromatic ring is 1. The van der Waals surface area contributed by atoms with Crippen LogP contribution in [0.4, 0.5) is 5.82 Å². The van der Waals surface area contributed by atoms with E-state index in [1.807, 2.05) is 0 Å². The minimum atomic E-state index is -0.653. The van der Waals surface area contributed by atoms with Crippen molar-refractivity contribution >= 4 is 23.4 Å². The third-order valence-electron chi connectivity index (χ3n) is 1.23. The lowest BCUT2D eigenvalue weighted by Crippen LogP contribution is -1.97. The van der Waals surface area contributed by atoms with Crippen molar-refractivity contribution in [1.82, 2.24) is 9.97 Å². The van der Waals surface area contributed by atoms with Gasteiger partial charge in [-0.1, -0.05) is 11.6 Å². The molecular weight excluding hydrogens is 206 g/mol. The first kappa shape index (κ1) is 10.3. The summed E-state index contributed by atoms with van der Waals surface area (Å²) in [6.07, 6.45) is 1.32. The van der Waals surface area contributed by atoms with E-state index in [1.165, 1.54) is 13.3 Å². The number of hydrogen-bond donors (Lipinski definition) is 1. The molecule has 0 radical (unpaired) electrons. The van der Waals surface area contributed by atoms with Crippen LogP contribution in [0.5, 0.6) is 0 Å². The van der Waals surface area contributed by atoms with Crippen LogP contribution in [0, 0.1) is 11.8 Å². The number of carbonyl (C=O) groups excluding carboxylic acids is 1. The molecular formula is C8H6ClN3O2. The van der Waals surface area contributed by atoms with Crippen LogP contribution < -0.4 is 5.73 Å². The molecule has 1 rings (SSSR count). The monoisotopic (exact) mass is 211 g/mol. The first-order valence-corrected chi connectivity index (χ1v) is 3.89. The van der Waals surface area contributed by atoms with Gasteiger partial charge in [0.15, 0.2) is 11.0 Å². The topological polar surface area (TPSA) is 78.1 Å². The first-order chi connectivity index (χ1) is 6.63. The summed E-state index contributed by atoms with van der Waals surface area (Å²) in [4.78, 5) is 18.1. The van der Waals surface area contributed by atoms with Crippen molar-refractivity contribution < 1.29 is 9.53 Å². The number of halogens is 1. The van der Waals surface area contributed by atoms with E-state index in [2.05, 4.69) is 26.5 Å². The number of carbonyl (C=O) groups is 1. The van der Waals surface area contributed by atoms with Gasteiger partial charge >= 0.3 is 5.97 Å². The molecule has 2 N–H and O–H groups in total. The number of rotatable bonds is 0. The van der Waals surface area contributed by atoms with E-state index in [-0.39, 0.29) is 16.7 Å². The summed E-state index contributed by atoms with van der Waals surface area (Å²) in [6, 6.07) is 0. The molecule has 1 aromatic rings. The van der Waals surface area contributed by atoms with Crippen molar-refractivity contribution in [2.45, 2.75) is 0 Å². The van der Waals surface area contributed by atoms with Crippen LogP contribution in [-0.2, 0) is 9.53 Å². The number of anilines is 1. The molecule has 0 bridgehead atoms. The van der Waals surface area contributed by atoms with Crippen LogP contribution in [0.3, 0.4) is 0 Å². The molecule has 0 saturated carbocycles. The van der Waals surface area contributed by atoms with E-state index in [4.69, 9.17) is 17.3 Å². The number of nitrogens with two attached hydrogens (primary N) is 1. The number of aromatic nitrogens is 2. The molecule has 0 atom stereocenters. The van der Waals surface area contributed by atoms with Crippen LogP contribution in [0.25, 0.3) is 0 Å². The standard InChI is InChI=1S/C8H6ClN3O2/c1-14-6(13)3-2-5-4-11-8(10)7(9)12-5/h4H,1H3,(H2,10,11).